The first kappa shape index (κ1) is 17.3. The number of nitrogens with one attached hydrogen (secondary N) is 1. The quantitative estimate of drug-likeness (QED) is 0.696. The number of hydrogen-bond acceptors (Lipinski definition) is 4. The van der Waals surface area contributed by atoms with Gasteiger partial charge in [-0.15, -0.1) is 0 Å². The van der Waals surface area contributed by atoms with E-state index in [1.54, 1.807) is 6.07 Å². The van der Waals surface area contributed by atoms with Crippen LogP contribution >= 0.6 is 0 Å². The van der Waals surface area contributed by atoms with Gasteiger partial charge in [-0.1, -0.05) is 13.8 Å². The fourth-order valence-electron chi connectivity index (χ4n) is 1.73. The Balaban J connectivity index is 2.74. The van der Waals surface area contributed by atoms with Gasteiger partial charge in [-0.05, 0) is 37.9 Å². The van der Waals surface area contributed by atoms with E-state index in [2.05, 4.69) is 12.2 Å². The van der Waals surface area contributed by atoms with E-state index in [9.17, 15) is 4.79 Å². The number of rotatable bonds is 10. The number of carbonyl (C=O) groups excluding carboxylic acids is 1. The summed E-state index contributed by atoms with van der Waals surface area (Å²) in [5.74, 6) is 1.34. The summed E-state index contributed by atoms with van der Waals surface area (Å²) in [5.41, 5.74) is 6.11. The molecule has 118 valence electrons. The zero-order valence-electron chi connectivity index (χ0n) is 13.0. The molecule has 3 N–H and O–H groups in total. The molecule has 1 amide bonds. The molecule has 0 saturated carbocycles. The molecule has 0 fully saturated rings. The maximum absolute atomic E-state index is 11.7. The zero-order chi connectivity index (χ0) is 15.5. The van der Waals surface area contributed by atoms with Gasteiger partial charge in [0.25, 0.3) is 0 Å². The summed E-state index contributed by atoms with van der Waals surface area (Å²) in [6.07, 6.45) is 2.96. The minimum Gasteiger partial charge on any atom is -0.490 e. The lowest BCUT2D eigenvalue weighted by atomic mass is 10.2. The van der Waals surface area contributed by atoms with E-state index in [0.29, 0.717) is 49.8 Å². The van der Waals surface area contributed by atoms with Crippen LogP contribution in [0.15, 0.2) is 18.2 Å². The highest BCUT2D eigenvalue weighted by atomic mass is 16.5. The highest BCUT2D eigenvalue weighted by Gasteiger charge is 2.08. The normalized spacial score (nSPS) is 10.2. The first-order chi connectivity index (χ1) is 10.2. The third-order valence-corrected chi connectivity index (χ3v) is 2.76. The Morgan fingerprint density at radius 3 is 2.43 bits per heavy atom. The van der Waals surface area contributed by atoms with Gasteiger partial charge in [0.05, 0.1) is 13.2 Å². The highest BCUT2D eigenvalue weighted by Crippen LogP contribution is 2.31. The lowest BCUT2D eigenvalue weighted by molar-refractivity contribution is -0.116. The monoisotopic (exact) mass is 294 g/mol. The predicted molar refractivity (Wildman–Crippen MR) is 84.9 cm³/mol. The van der Waals surface area contributed by atoms with Crippen LogP contribution in [0.2, 0.25) is 0 Å². The van der Waals surface area contributed by atoms with Crippen LogP contribution in [0.3, 0.4) is 0 Å². The summed E-state index contributed by atoms with van der Waals surface area (Å²) in [6.45, 7) is 5.88. The molecular weight excluding hydrogens is 268 g/mol. The summed E-state index contributed by atoms with van der Waals surface area (Å²) >= 11 is 0. The summed E-state index contributed by atoms with van der Waals surface area (Å²) in [5, 5.41) is 2.85. The molecule has 0 atom stereocenters. The number of carbonyl (C=O) groups is 1. The molecule has 5 nitrogen and oxygen atoms in total. The molecule has 1 rings (SSSR count). The van der Waals surface area contributed by atoms with E-state index >= 15 is 0 Å². The first-order valence-electron chi connectivity index (χ1n) is 7.60. The molecule has 0 bridgehead atoms. The number of anilines is 1. The fraction of sp³-hybridized carbons (Fsp3) is 0.562. The summed E-state index contributed by atoms with van der Waals surface area (Å²) in [4.78, 5) is 11.7. The first-order valence-corrected chi connectivity index (χ1v) is 7.60. The van der Waals surface area contributed by atoms with Gasteiger partial charge in [-0.25, -0.2) is 0 Å². The van der Waals surface area contributed by atoms with Crippen molar-refractivity contribution in [1.82, 2.24) is 0 Å². The third kappa shape index (κ3) is 6.49. The minimum absolute atomic E-state index is 0.0379. The van der Waals surface area contributed by atoms with E-state index in [1.807, 2.05) is 19.1 Å². The van der Waals surface area contributed by atoms with E-state index in [-0.39, 0.29) is 5.91 Å². The lowest BCUT2D eigenvalue weighted by Gasteiger charge is -2.14. The average Bonchev–Trinajstić information content (AvgIpc) is 2.49. The Morgan fingerprint density at radius 2 is 1.81 bits per heavy atom. The van der Waals surface area contributed by atoms with Crippen molar-refractivity contribution in [2.45, 2.75) is 39.5 Å². The van der Waals surface area contributed by atoms with Crippen molar-refractivity contribution >= 4 is 11.6 Å². The number of ether oxygens (including phenoxy) is 2. The highest BCUT2D eigenvalue weighted by molar-refractivity contribution is 5.91. The Hall–Kier alpha value is -1.75. The molecule has 5 heteroatoms. The number of amides is 1. The second-order valence-electron chi connectivity index (χ2n) is 4.80. The van der Waals surface area contributed by atoms with Gasteiger partial charge in [0.1, 0.15) is 0 Å². The van der Waals surface area contributed by atoms with Crippen molar-refractivity contribution in [3.63, 3.8) is 0 Å². The summed E-state index contributed by atoms with van der Waals surface area (Å²) < 4.78 is 11.3. The van der Waals surface area contributed by atoms with Crippen molar-refractivity contribution in [2.24, 2.45) is 5.73 Å². The average molecular weight is 294 g/mol. The Labute approximate surface area is 126 Å². The van der Waals surface area contributed by atoms with E-state index in [0.717, 1.165) is 12.8 Å². The van der Waals surface area contributed by atoms with Gasteiger partial charge in [0.15, 0.2) is 11.5 Å². The lowest BCUT2D eigenvalue weighted by Crippen LogP contribution is -2.13. The summed E-state index contributed by atoms with van der Waals surface area (Å²) in [6, 6.07) is 5.46. The molecule has 0 spiro atoms. The number of hydrogen-bond donors (Lipinski definition) is 2. The Kier molecular flexibility index (Phi) is 8.28. The molecule has 1 aromatic carbocycles. The van der Waals surface area contributed by atoms with Crippen LogP contribution in [0, 0.1) is 0 Å². The van der Waals surface area contributed by atoms with Crippen LogP contribution in [0.5, 0.6) is 11.5 Å². The molecule has 1 aromatic rings. The van der Waals surface area contributed by atoms with Gasteiger partial charge >= 0.3 is 0 Å². The molecular formula is C16H26N2O3. The molecule has 0 aliphatic heterocycles. The number of benzene rings is 1. The van der Waals surface area contributed by atoms with Crippen LogP contribution in [0.25, 0.3) is 0 Å². The van der Waals surface area contributed by atoms with Crippen LogP contribution in [-0.2, 0) is 4.79 Å². The Bertz CT molecular complexity index is 436. The van der Waals surface area contributed by atoms with E-state index in [1.165, 1.54) is 0 Å². The third-order valence-electron chi connectivity index (χ3n) is 2.76. The molecule has 0 aromatic heterocycles. The minimum atomic E-state index is -0.0379. The molecule has 0 heterocycles. The topological polar surface area (TPSA) is 73.6 Å². The molecule has 0 aliphatic rings. The van der Waals surface area contributed by atoms with Gasteiger partial charge in [0, 0.05) is 18.2 Å². The van der Waals surface area contributed by atoms with Crippen molar-refractivity contribution in [3.8, 4) is 11.5 Å². The van der Waals surface area contributed by atoms with Crippen molar-refractivity contribution in [3.05, 3.63) is 18.2 Å². The maximum atomic E-state index is 11.7. The number of nitrogens with two attached hydrogens (primary N) is 1. The van der Waals surface area contributed by atoms with Crippen molar-refractivity contribution in [1.29, 1.82) is 0 Å². The fourth-order valence-corrected chi connectivity index (χ4v) is 1.73. The standard InChI is InChI=1S/C16H26N2O3/c1-3-10-20-14-8-7-13(12-15(14)21-11-4-2)18-16(19)6-5-9-17/h7-8,12H,3-6,9-11,17H2,1-2H3,(H,18,19). The van der Waals surface area contributed by atoms with E-state index in [4.69, 9.17) is 15.2 Å². The zero-order valence-corrected chi connectivity index (χ0v) is 13.0. The largest absolute Gasteiger partial charge is 0.490 e. The smallest absolute Gasteiger partial charge is 0.224 e. The van der Waals surface area contributed by atoms with Crippen LogP contribution < -0.4 is 20.5 Å². The van der Waals surface area contributed by atoms with Crippen molar-refractivity contribution < 1.29 is 14.3 Å². The van der Waals surface area contributed by atoms with Crippen LogP contribution in [0.1, 0.15) is 39.5 Å². The molecule has 21 heavy (non-hydrogen) atoms. The second kappa shape index (κ2) is 10.0. The predicted octanol–water partition coefficient (Wildman–Crippen LogP) is 2.94. The van der Waals surface area contributed by atoms with Gasteiger partial charge < -0.3 is 20.5 Å². The molecule has 0 unspecified atom stereocenters. The Morgan fingerprint density at radius 1 is 1.14 bits per heavy atom. The molecule has 0 aliphatic carbocycles. The van der Waals surface area contributed by atoms with Crippen LogP contribution in [-0.4, -0.2) is 25.7 Å². The van der Waals surface area contributed by atoms with Gasteiger partial charge in [-0.2, -0.15) is 0 Å². The maximum Gasteiger partial charge on any atom is 0.224 e. The molecule has 0 saturated heterocycles. The summed E-state index contributed by atoms with van der Waals surface area (Å²) in [7, 11) is 0. The SMILES string of the molecule is CCCOc1ccc(NC(=O)CCCN)cc1OCCC. The molecule has 0 radical (unpaired) electrons. The van der Waals surface area contributed by atoms with Gasteiger partial charge in [0.2, 0.25) is 5.91 Å². The van der Waals surface area contributed by atoms with E-state index < -0.39 is 0 Å². The van der Waals surface area contributed by atoms with Crippen molar-refractivity contribution in [2.75, 3.05) is 25.1 Å². The second-order valence-corrected chi connectivity index (χ2v) is 4.80. The van der Waals surface area contributed by atoms with Gasteiger partial charge in [-0.3, -0.25) is 4.79 Å². The van der Waals surface area contributed by atoms with Crippen LogP contribution in [0.4, 0.5) is 5.69 Å².